The van der Waals surface area contributed by atoms with Gasteiger partial charge in [0.15, 0.2) is 5.60 Å². The topological polar surface area (TPSA) is 114 Å². The van der Waals surface area contributed by atoms with Crippen LogP contribution in [0.3, 0.4) is 0 Å². The number of carbonyl (C=O) groups excluding carboxylic acids is 1. The predicted octanol–water partition coefficient (Wildman–Crippen LogP) is 4.33. The van der Waals surface area contributed by atoms with E-state index in [0.29, 0.717) is 12.6 Å². The Balaban J connectivity index is 1.63. The van der Waals surface area contributed by atoms with E-state index >= 15 is 0 Å². The Morgan fingerprint density at radius 1 is 1.21 bits per heavy atom. The van der Waals surface area contributed by atoms with Crippen molar-refractivity contribution in [3.63, 3.8) is 0 Å². The number of fused-ring (bicyclic) bond motifs is 1. The van der Waals surface area contributed by atoms with Crippen molar-refractivity contribution in [1.29, 1.82) is 0 Å². The molecule has 1 amide bonds. The third kappa shape index (κ3) is 5.84. The molecule has 0 bridgehead atoms. The molecule has 0 aliphatic carbocycles. The number of nitrogens with zero attached hydrogens (tertiary/aromatic N) is 5. The maximum atomic E-state index is 14.8. The van der Waals surface area contributed by atoms with Crippen LogP contribution in [0.1, 0.15) is 39.7 Å². The van der Waals surface area contributed by atoms with E-state index in [9.17, 15) is 27.5 Å². The Bertz CT molecular complexity index is 1350. The average molecular weight is 555 g/mol. The second kappa shape index (κ2) is 10.1. The molecule has 3 atom stereocenters. The lowest BCUT2D eigenvalue weighted by Crippen LogP contribution is -2.52. The summed E-state index contributed by atoms with van der Waals surface area (Å²) in [6.07, 6.45) is -2.83. The zero-order valence-electron chi connectivity index (χ0n) is 22.1. The number of alkyl halides is 4. The number of anilines is 1. The fourth-order valence-electron chi connectivity index (χ4n) is 4.17. The highest BCUT2D eigenvalue weighted by Gasteiger charge is 2.53. The van der Waals surface area contributed by atoms with Gasteiger partial charge in [0.2, 0.25) is 5.95 Å². The van der Waals surface area contributed by atoms with Crippen molar-refractivity contribution in [3.05, 3.63) is 36.3 Å². The summed E-state index contributed by atoms with van der Waals surface area (Å²) in [5.41, 5.74) is -3.59. The molecule has 3 aromatic heterocycles. The number of carbonyl (C=O) groups is 1. The van der Waals surface area contributed by atoms with E-state index in [4.69, 9.17) is 9.47 Å². The summed E-state index contributed by atoms with van der Waals surface area (Å²) in [6, 6.07) is 1.98. The number of pyridine rings is 1. The minimum Gasteiger partial charge on any atom is -0.496 e. The van der Waals surface area contributed by atoms with Gasteiger partial charge in [-0.25, -0.2) is 24.1 Å². The summed E-state index contributed by atoms with van der Waals surface area (Å²) in [5.74, 6) is -0.134. The number of aromatic nitrogens is 4. The second-order valence-electron chi connectivity index (χ2n) is 10.4. The smallest absolute Gasteiger partial charge is 0.421 e. The molecular weight excluding hydrogens is 524 g/mol. The number of likely N-dealkylation sites (tertiary alicyclic amines) is 1. The second-order valence-corrected chi connectivity index (χ2v) is 10.4. The number of hydrogen-bond acceptors (Lipinski definition) is 8. The molecule has 0 aromatic carbocycles. The van der Waals surface area contributed by atoms with Gasteiger partial charge in [0, 0.05) is 31.5 Å². The van der Waals surface area contributed by atoms with E-state index in [1.165, 1.54) is 40.9 Å². The zero-order chi connectivity index (χ0) is 28.8. The van der Waals surface area contributed by atoms with Gasteiger partial charge >= 0.3 is 12.3 Å². The number of imidazole rings is 1. The quantitative estimate of drug-likeness (QED) is 0.448. The first-order valence-electron chi connectivity index (χ1n) is 12.2. The van der Waals surface area contributed by atoms with E-state index in [1.807, 2.05) is 0 Å². The highest BCUT2D eigenvalue weighted by atomic mass is 19.4. The summed E-state index contributed by atoms with van der Waals surface area (Å²) < 4.78 is 67.5. The molecule has 1 fully saturated rings. The predicted molar refractivity (Wildman–Crippen MR) is 133 cm³/mol. The van der Waals surface area contributed by atoms with Crippen molar-refractivity contribution < 1.29 is 36.9 Å². The van der Waals surface area contributed by atoms with Crippen LogP contribution in [0.15, 0.2) is 30.7 Å². The van der Waals surface area contributed by atoms with Gasteiger partial charge < -0.3 is 24.8 Å². The van der Waals surface area contributed by atoms with Crippen molar-refractivity contribution in [2.24, 2.45) is 0 Å². The molecule has 1 saturated heterocycles. The van der Waals surface area contributed by atoms with Crippen LogP contribution in [0.5, 0.6) is 5.75 Å². The van der Waals surface area contributed by atoms with Crippen LogP contribution >= 0.6 is 0 Å². The van der Waals surface area contributed by atoms with Crippen molar-refractivity contribution in [2.45, 2.75) is 63.7 Å². The molecule has 4 rings (SSSR count). The summed E-state index contributed by atoms with van der Waals surface area (Å²) in [5, 5.41) is 13.2. The van der Waals surface area contributed by atoms with E-state index in [0.717, 1.165) is 6.20 Å². The maximum Gasteiger partial charge on any atom is 0.421 e. The number of ether oxygens (including phenoxy) is 2. The van der Waals surface area contributed by atoms with Gasteiger partial charge in [-0.05, 0) is 40.2 Å². The molecule has 2 N–H and O–H groups in total. The van der Waals surface area contributed by atoms with Gasteiger partial charge in [0.1, 0.15) is 23.2 Å². The van der Waals surface area contributed by atoms with E-state index in [-0.39, 0.29) is 42.5 Å². The number of rotatable bonds is 5. The van der Waals surface area contributed by atoms with Gasteiger partial charge in [-0.2, -0.15) is 13.2 Å². The molecule has 1 aliphatic heterocycles. The van der Waals surface area contributed by atoms with Crippen LogP contribution in [0.25, 0.3) is 17.0 Å². The molecule has 10 nitrogen and oxygen atoms in total. The molecule has 0 saturated carbocycles. The van der Waals surface area contributed by atoms with Crippen LogP contribution in [0, 0.1) is 0 Å². The Hall–Kier alpha value is -3.68. The molecule has 0 radical (unpaired) electrons. The average Bonchev–Trinajstić information content (AvgIpc) is 3.26. The molecule has 0 spiro atoms. The molecule has 4 heterocycles. The highest BCUT2D eigenvalue weighted by molar-refractivity contribution is 5.68. The number of aliphatic hydroxyl groups is 1. The minimum atomic E-state index is -4.98. The first-order chi connectivity index (χ1) is 18.1. The maximum absolute atomic E-state index is 14.8. The molecule has 1 aliphatic rings. The van der Waals surface area contributed by atoms with E-state index < -0.39 is 41.2 Å². The normalized spacial score (nSPS) is 20.0. The van der Waals surface area contributed by atoms with Crippen LogP contribution in [-0.4, -0.2) is 79.6 Å². The number of piperidine rings is 1. The number of nitrogens with one attached hydrogen (secondary N) is 1. The Morgan fingerprint density at radius 3 is 2.56 bits per heavy atom. The minimum absolute atomic E-state index is 0.0228. The molecule has 3 aromatic rings. The summed E-state index contributed by atoms with van der Waals surface area (Å²) >= 11 is 0. The molecule has 1 unspecified atom stereocenters. The van der Waals surface area contributed by atoms with Gasteiger partial charge in [0.25, 0.3) is 0 Å². The van der Waals surface area contributed by atoms with Gasteiger partial charge in [-0.3, -0.25) is 4.40 Å². The standard InChI is InChI=1S/C25H30F4N6O4/c1-23(2,3)39-22(36)34-9-7-15(26)17(13-34)33-21-30-8-6-16(32-21)18-11-31-20-10-19(38-5)14(12-35(18)20)24(4,37)25(27,28)29/h6,8,10-12,15,17,37H,7,9,13H2,1-5H3,(H,30,32,33)/t15-,17-,24?/m0/s1. The number of hydrogen-bond donors (Lipinski definition) is 2. The summed E-state index contributed by atoms with van der Waals surface area (Å²) in [4.78, 5) is 26.7. The molecular formula is C25H30F4N6O4. The van der Waals surface area contributed by atoms with Crippen molar-refractivity contribution >= 4 is 17.7 Å². The van der Waals surface area contributed by atoms with Crippen LogP contribution in [0.4, 0.5) is 28.3 Å². The van der Waals surface area contributed by atoms with Gasteiger partial charge in [-0.1, -0.05) is 0 Å². The highest BCUT2D eigenvalue weighted by Crippen LogP contribution is 2.43. The third-order valence-corrected chi connectivity index (χ3v) is 6.32. The lowest BCUT2D eigenvalue weighted by molar-refractivity contribution is -0.259. The Morgan fingerprint density at radius 2 is 1.92 bits per heavy atom. The van der Waals surface area contributed by atoms with Gasteiger partial charge in [-0.15, -0.1) is 0 Å². The first-order valence-corrected chi connectivity index (χ1v) is 12.2. The van der Waals surface area contributed by atoms with Crippen molar-refractivity contribution in [1.82, 2.24) is 24.3 Å². The van der Waals surface area contributed by atoms with Crippen LogP contribution in [-0.2, 0) is 10.3 Å². The number of halogens is 4. The zero-order valence-corrected chi connectivity index (χ0v) is 22.1. The Labute approximate surface area is 222 Å². The lowest BCUT2D eigenvalue weighted by atomic mass is 9.96. The third-order valence-electron chi connectivity index (χ3n) is 6.32. The van der Waals surface area contributed by atoms with Crippen molar-refractivity contribution in [2.75, 3.05) is 25.5 Å². The summed E-state index contributed by atoms with van der Waals surface area (Å²) in [7, 11) is 1.20. The molecule has 39 heavy (non-hydrogen) atoms. The lowest BCUT2D eigenvalue weighted by Gasteiger charge is -2.36. The SMILES string of the molecule is COc1cc2ncc(-c3ccnc(N[C@H]4CN(C(=O)OC(C)(C)C)CC[C@@H]4F)n3)n2cc1C(C)(O)C(F)(F)F. The number of amides is 1. The largest absolute Gasteiger partial charge is 0.496 e. The molecule has 14 heteroatoms. The fraction of sp³-hybridized carbons (Fsp3) is 0.520. The summed E-state index contributed by atoms with van der Waals surface area (Å²) in [6.45, 7) is 6.08. The van der Waals surface area contributed by atoms with Crippen LogP contribution < -0.4 is 10.1 Å². The monoisotopic (exact) mass is 554 g/mol. The first kappa shape index (κ1) is 28.3. The fourth-order valence-corrected chi connectivity index (χ4v) is 4.17. The van der Waals surface area contributed by atoms with E-state index in [2.05, 4.69) is 20.3 Å². The van der Waals surface area contributed by atoms with Gasteiger partial charge in [0.05, 0.1) is 36.3 Å². The number of methoxy groups -OCH3 is 1. The van der Waals surface area contributed by atoms with E-state index in [1.54, 1.807) is 20.8 Å². The van der Waals surface area contributed by atoms with Crippen molar-refractivity contribution in [3.8, 4) is 17.1 Å². The Kier molecular flexibility index (Phi) is 7.36. The van der Waals surface area contributed by atoms with Crippen LogP contribution in [0.2, 0.25) is 0 Å². The molecule has 212 valence electrons.